The van der Waals surface area contributed by atoms with Crippen LogP contribution < -0.4 is 0 Å². The van der Waals surface area contributed by atoms with E-state index in [2.05, 4.69) is 0 Å². The Morgan fingerprint density at radius 3 is 1.30 bits per heavy atom. The Bertz CT molecular complexity index is 578. The van der Waals surface area contributed by atoms with Crippen molar-refractivity contribution in [2.75, 3.05) is 0 Å². The summed E-state index contributed by atoms with van der Waals surface area (Å²) in [5.41, 5.74) is 0. The van der Waals surface area contributed by atoms with Gasteiger partial charge in [-0.3, -0.25) is 0 Å². The Morgan fingerprint density at radius 1 is 0.650 bits per heavy atom. The van der Waals surface area contributed by atoms with Crippen LogP contribution in [0.15, 0.2) is 46.2 Å². The summed E-state index contributed by atoms with van der Waals surface area (Å²) in [6.07, 6.45) is 0. The molecule has 8 heteroatoms. The second-order valence-electron chi connectivity index (χ2n) is 3.77. The van der Waals surface area contributed by atoms with Crippen LogP contribution in [0.4, 0.5) is 0 Å². The molecule has 0 heterocycles. The molecule has 2 atom stereocenters. The van der Waals surface area contributed by atoms with Gasteiger partial charge in [-0.05, 0) is 12.1 Å². The molecule has 2 aromatic carbocycles. The molecule has 0 radical (unpaired) electrons. The lowest BCUT2D eigenvalue weighted by atomic mass is 10.3. The van der Waals surface area contributed by atoms with Crippen molar-refractivity contribution in [2.45, 2.75) is 9.79 Å². The van der Waals surface area contributed by atoms with Gasteiger partial charge in [0.05, 0.1) is 0 Å². The van der Waals surface area contributed by atoms with Gasteiger partial charge in [-0.15, -0.1) is 0 Å². The number of phenolic OH excluding ortho intramolecular Hbond substituents is 4. The Morgan fingerprint density at radius 2 is 1.00 bits per heavy atom. The molecule has 0 fully saturated rings. The van der Waals surface area contributed by atoms with Gasteiger partial charge in [-0.1, -0.05) is 0 Å². The molecule has 2 unspecified atom stereocenters. The first kappa shape index (κ1) is 14.7. The molecular formula is C12H10O6S2. The maximum Gasteiger partial charge on any atom is 0.248 e. The smallest absolute Gasteiger partial charge is 0.248 e. The molecule has 0 aliphatic heterocycles. The number of hydrogen-bond donors (Lipinski definition) is 4. The van der Waals surface area contributed by atoms with Crippen LogP contribution in [0, 0.1) is 0 Å². The molecule has 0 bridgehead atoms. The standard InChI is InChI=1S/C12H10O6S2/c13-7-1-3-11(9(15)5-7)19(17)20(18)12-4-2-8(14)6-10(12)16/h1-6,13-16H. The van der Waals surface area contributed by atoms with E-state index in [9.17, 15) is 19.3 Å². The van der Waals surface area contributed by atoms with Crippen LogP contribution in [0.5, 0.6) is 23.0 Å². The van der Waals surface area contributed by atoms with Gasteiger partial charge in [0.15, 0.2) is 11.5 Å². The SMILES string of the molecule is [O-][S+](c1ccc(O)cc1O)[S+]([O-])c1ccc(O)cc1O. The topological polar surface area (TPSA) is 127 Å². The normalized spacial score (nSPS) is 13.9. The summed E-state index contributed by atoms with van der Waals surface area (Å²) in [7, 11) is -4.29. The quantitative estimate of drug-likeness (QED) is 0.500. The third-order valence-electron chi connectivity index (χ3n) is 2.38. The third kappa shape index (κ3) is 2.88. The summed E-state index contributed by atoms with van der Waals surface area (Å²) in [5, 5.41) is 37.5. The van der Waals surface area contributed by atoms with Crippen molar-refractivity contribution in [1.82, 2.24) is 0 Å². The zero-order valence-corrected chi connectivity index (χ0v) is 11.5. The van der Waals surface area contributed by atoms with E-state index in [1.165, 1.54) is 24.3 Å². The molecule has 0 aliphatic rings. The van der Waals surface area contributed by atoms with E-state index >= 15 is 0 Å². The van der Waals surface area contributed by atoms with Gasteiger partial charge >= 0.3 is 0 Å². The molecule has 0 saturated heterocycles. The average molecular weight is 314 g/mol. The van der Waals surface area contributed by atoms with E-state index < -0.39 is 31.9 Å². The zero-order chi connectivity index (χ0) is 14.9. The Hall–Kier alpha value is -1.74. The highest BCUT2D eigenvalue weighted by Crippen LogP contribution is 2.36. The van der Waals surface area contributed by atoms with Crippen LogP contribution in [0.25, 0.3) is 0 Å². The van der Waals surface area contributed by atoms with Crippen LogP contribution in [-0.4, -0.2) is 29.5 Å². The Kier molecular flexibility index (Phi) is 4.19. The van der Waals surface area contributed by atoms with Gasteiger partial charge in [0.2, 0.25) is 30.2 Å². The summed E-state index contributed by atoms with van der Waals surface area (Å²) < 4.78 is 24.2. The zero-order valence-electron chi connectivity index (χ0n) is 9.89. The fourth-order valence-electron chi connectivity index (χ4n) is 1.46. The number of benzene rings is 2. The van der Waals surface area contributed by atoms with Crippen molar-refractivity contribution < 1.29 is 29.5 Å². The maximum absolute atomic E-state index is 12.1. The second kappa shape index (κ2) is 5.71. The lowest BCUT2D eigenvalue weighted by Gasteiger charge is -2.13. The van der Waals surface area contributed by atoms with E-state index in [1.807, 2.05) is 0 Å². The molecule has 0 amide bonds. The van der Waals surface area contributed by atoms with Crippen molar-refractivity contribution in [3.8, 4) is 23.0 Å². The maximum atomic E-state index is 12.1. The predicted octanol–water partition coefficient (Wildman–Crippen LogP) is 1.34. The summed E-state index contributed by atoms with van der Waals surface area (Å²) in [6.45, 7) is 0. The van der Waals surface area contributed by atoms with E-state index in [1.54, 1.807) is 0 Å². The van der Waals surface area contributed by atoms with Gasteiger partial charge in [0.1, 0.15) is 11.5 Å². The fourth-order valence-corrected chi connectivity index (χ4v) is 4.42. The number of phenols is 4. The van der Waals surface area contributed by atoms with Crippen molar-refractivity contribution in [2.24, 2.45) is 0 Å². The highest BCUT2D eigenvalue weighted by Gasteiger charge is 2.35. The molecule has 2 aromatic rings. The molecule has 2 rings (SSSR count). The fraction of sp³-hybridized carbons (Fsp3) is 0. The molecule has 4 N–H and O–H groups in total. The summed E-state index contributed by atoms with van der Waals surface area (Å²) in [6, 6.07) is 6.69. The van der Waals surface area contributed by atoms with Crippen LogP contribution in [0.3, 0.4) is 0 Å². The van der Waals surface area contributed by atoms with Gasteiger partial charge < -0.3 is 29.5 Å². The van der Waals surface area contributed by atoms with Gasteiger partial charge in [0, 0.05) is 24.3 Å². The number of aromatic hydroxyl groups is 4. The first-order valence-electron chi connectivity index (χ1n) is 5.28. The summed E-state index contributed by atoms with van der Waals surface area (Å²) >= 11 is 0. The van der Waals surface area contributed by atoms with E-state index in [4.69, 9.17) is 10.2 Å². The molecule has 0 saturated carbocycles. The highest BCUT2D eigenvalue weighted by molar-refractivity contribution is 8.67. The second-order valence-corrected chi connectivity index (χ2v) is 7.41. The van der Waals surface area contributed by atoms with Crippen molar-refractivity contribution in [1.29, 1.82) is 0 Å². The molecule has 0 aliphatic carbocycles. The van der Waals surface area contributed by atoms with E-state index in [0.717, 1.165) is 12.1 Å². The minimum atomic E-state index is -2.15. The summed E-state index contributed by atoms with van der Waals surface area (Å²) in [4.78, 5) is -0.262. The number of hydrogen-bond acceptors (Lipinski definition) is 6. The van der Waals surface area contributed by atoms with E-state index in [-0.39, 0.29) is 21.3 Å². The largest absolute Gasteiger partial charge is 0.565 e. The average Bonchev–Trinajstić information content (AvgIpc) is 2.37. The Labute approximate surface area is 119 Å². The minimum absolute atomic E-state index is 0.131. The van der Waals surface area contributed by atoms with Crippen LogP contribution in [-0.2, 0) is 20.4 Å². The Balaban J connectivity index is 2.34. The van der Waals surface area contributed by atoms with Crippen LogP contribution >= 0.6 is 0 Å². The monoisotopic (exact) mass is 314 g/mol. The van der Waals surface area contributed by atoms with E-state index in [0.29, 0.717) is 0 Å². The minimum Gasteiger partial charge on any atom is -0.565 e. The van der Waals surface area contributed by atoms with Crippen LogP contribution in [0.1, 0.15) is 0 Å². The van der Waals surface area contributed by atoms with Gasteiger partial charge in [-0.2, -0.15) is 0 Å². The highest BCUT2D eigenvalue weighted by atomic mass is 33.2. The number of rotatable bonds is 3. The van der Waals surface area contributed by atoms with Gasteiger partial charge in [-0.25, -0.2) is 0 Å². The van der Waals surface area contributed by atoms with Crippen molar-refractivity contribution >= 4 is 20.4 Å². The molecular weight excluding hydrogens is 304 g/mol. The molecule has 20 heavy (non-hydrogen) atoms. The lowest BCUT2D eigenvalue weighted by molar-refractivity contribution is 0.437. The first-order valence-corrected chi connectivity index (χ1v) is 8.10. The van der Waals surface area contributed by atoms with Gasteiger partial charge in [0.25, 0.3) is 0 Å². The molecule has 0 aromatic heterocycles. The molecule has 0 spiro atoms. The lowest BCUT2D eigenvalue weighted by Crippen LogP contribution is -2.16. The summed E-state index contributed by atoms with van der Waals surface area (Å²) in [5.74, 6) is -1.37. The van der Waals surface area contributed by atoms with Crippen molar-refractivity contribution in [3.63, 3.8) is 0 Å². The van der Waals surface area contributed by atoms with Crippen LogP contribution in [0.2, 0.25) is 0 Å². The first-order chi connectivity index (χ1) is 9.40. The third-order valence-corrected chi connectivity index (χ3v) is 5.97. The predicted molar refractivity (Wildman–Crippen MR) is 72.4 cm³/mol. The molecule has 106 valence electrons. The van der Waals surface area contributed by atoms with Crippen molar-refractivity contribution in [3.05, 3.63) is 36.4 Å². The molecule has 6 nitrogen and oxygen atoms in total.